The van der Waals surface area contributed by atoms with Crippen LogP contribution < -0.4 is 5.32 Å². The average molecular weight is 369 g/mol. The SMILES string of the molecule is Cc1oc(-c2ccco2)nc1CC(=O)N1CCNCC1c1cccc(F)c1. The smallest absolute Gasteiger partial charge is 0.263 e. The number of hydrogen-bond donors (Lipinski definition) is 1. The summed E-state index contributed by atoms with van der Waals surface area (Å²) in [5.74, 6) is 1.11. The van der Waals surface area contributed by atoms with E-state index in [4.69, 9.17) is 8.83 Å². The largest absolute Gasteiger partial charge is 0.459 e. The summed E-state index contributed by atoms with van der Waals surface area (Å²) >= 11 is 0. The number of oxazole rings is 1. The first kappa shape index (κ1) is 17.5. The third-order valence-corrected chi connectivity index (χ3v) is 4.74. The van der Waals surface area contributed by atoms with Crippen molar-refractivity contribution in [3.8, 4) is 11.7 Å². The lowest BCUT2D eigenvalue weighted by Crippen LogP contribution is -2.49. The Morgan fingerprint density at radius 1 is 1.37 bits per heavy atom. The van der Waals surface area contributed by atoms with Gasteiger partial charge in [0.1, 0.15) is 11.6 Å². The number of aromatic nitrogens is 1. The molecule has 1 saturated heterocycles. The molecule has 0 spiro atoms. The molecule has 1 fully saturated rings. The van der Waals surface area contributed by atoms with Crippen molar-refractivity contribution in [2.75, 3.05) is 19.6 Å². The summed E-state index contributed by atoms with van der Waals surface area (Å²) in [6, 6.07) is 9.70. The molecule has 0 radical (unpaired) electrons. The zero-order valence-corrected chi connectivity index (χ0v) is 14.9. The van der Waals surface area contributed by atoms with Gasteiger partial charge < -0.3 is 19.1 Å². The third kappa shape index (κ3) is 3.64. The topological polar surface area (TPSA) is 71.5 Å². The number of benzene rings is 1. The van der Waals surface area contributed by atoms with Crippen LogP contribution in [0.2, 0.25) is 0 Å². The van der Waals surface area contributed by atoms with Gasteiger partial charge in [-0.05, 0) is 36.8 Å². The van der Waals surface area contributed by atoms with Crippen LogP contribution in [-0.4, -0.2) is 35.4 Å². The van der Waals surface area contributed by atoms with E-state index in [1.54, 1.807) is 36.3 Å². The molecule has 1 unspecified atom stereocenters. The number of carbonyl (C=O) groups is 1. The maximum atomic E-state index is 13.6. The van der Waals surface area contributed by atoms with Gasteiger partial charge in [0, 0.05) is 19.6 Å². The molecular weight excluding hydrogens is 349 g/mol. The van der Waals surface area contributed by atoms with Gasteiger partial charge in [0.25, 0.3) is 5.89 Å². The zero-order chi connectivity index (χ0) is 18.8. The maximum Gasteiger partial charge on any atom is 0.263 e. The van der Waals surface area contributed by atoms with Crippen molar-refractivity contribution in [3.05, 3.63) is 65.5 Å². The van der Waals surface area contributed by atoms with E-state index in [9.17, 15) is 9.18 Å². The first-order valence-corrected chi connectivity index (χ1v) is 8.87. The molecule has 1 amide bonds. The summed E-state index contributed by atoms with van der Waals surface area (Å²) in [6.07, 6.45) is 1.67. The summed E-state index contributed by atoms with van der Waals surface area (Å²) < 4.78 is 24.6. The van der Waals surface area contributed by atoms with Crippen LogP contribution in [0.5, 0.6) is 0 Å². The molecule has 27 heavy (non-hydrogen) atoms. The molecule has 2 aromatic heterocycles. The Morgan fingerprint density at radius 3 is 3.04 bits per heavy atom. The summed E-state index contributed by atoms with van der Waals surface area (Å²) in [5, 5.41) is 3.27. The van der Waals surface area contributed by atoms with Gasteiger partial charge >= 0.3 is 0 Å². The molecule has 0 saturated carbocycles. The van der Waals surface area contributed by atoms with Crippen LogP contribution in [-0.2, 0) is 11.2 Å². The predicted octanol–water partition coefficient (Wildman–Crippen LogP) is 3.10. The van der Waals surface area contributed by atoms with Gasteiger partial charge in [-0.1, -0.05) is 12.1 Å². The van der Waals surface area contributed by atoms with Crippen LogP contribution in [0.15, 0.2) is 51.5 Å². The number of rotatable bonds is 4. The molecule has 1 atom stereocenters. The number of halogens is 1. The fourth-order valence-electron chi connectivity index (χ4n) is 3.36. The van der Waals surface area contributed by atoms with Crippen LogP contribution in [0.25, 0.3) is 11.7 Å². The summed E-state index contributed by atoms with van der Waals surface area (Å²) in [7, 11) is 0. The highest BCUT2D eigenvalue weighted by Crippen LogP contribution is 2.26. The fourth-order valence-corrected chi connectivity index (χ4v) is 3.36. The quantitative estimate of drug-likeness (QED) is 0.765. The first-order chi connectivity index (χ1) is 13.1. The molecule has 1 aliphatic heterocycles. The number of aryl methyl sites for hydroxylation is 1. The minimum atomic E-state index is -0.305. The minimum Gasteiger partial charge on any atom is -0.459 e. The summed E-state index contributed by atoms with van der Waals surface area (Å²) in [5.41, 5.74) is 1.37. The lowest BCUT2D eigenvalue weighted by molar-refractivity contribution is -0.133. The highest BCUT2D eigenvalue weighted by molar-refractivity contribution is 5.79. The van der Waals surface area contributed by atoms with Crippen molar-refractivity contribution in [1.82, 2.24) is 15.2 Å². The number of amides is 1. The van der Waals surface area contributed by atoms with Crippen molar-refractivity contribution >= 4 is 5.91 Å². The number of nitrogens with zero attached hydrogens (tertiary/aromatic N) is 2. The van der Waals surface area contributed by atoms with Crippen molar-refractivity contribution in [3.63, 3.8) is 0 Å². The van der Waals surface area contributed by atoms with E-state index >= 15 is 0 Å². The average Bonchev–Trinajstić information content (AvgIpc) is 3.32. The van der Waals surface area contributed by atoms with E-state index in [-0.39, 0.29) is 24.2 Å². The van der Waals surface area contributed by atoms with E-state index in [0.717, 1.165) is 5.56 Å². The van der Waals surface area contributed by atoms with Crippen molar-refractivity contribution in [2.24, 2.45) is 0 Å². The predicted molar refractivity (Wildman–Crippen MR) is 96.4 cm³/mol. The molecule has 1 aromatic carbocycles. The summed E-state index contributed by atoms with van der Waals surface area (Å²) in [6.45, 7) is 3.63. The Labute approximate surface area is 156 Å². The van der Waals surface area contributed by atoms with Crippen molar-refractivity contribution in [1.29, 1.82) is 0 Å². The standard InChI is InChI=1S/C20H20FN3O3/c1-13-16(23-20(27-13)18-6-3-9-26-18)11-19(25)24-8-7-22-12-17(24)14-4-2-5-15(21)10-14/h2-6,9-10,17,22H,7-8,11-12H2,1H3. The highest BCUT2D eigenvalue weighted by Gasteiger charge is 2.29. The van der Waals surface area contributed by atoms with Crippen LogP contribution in [0.1, 0.15) is 23.1 Å². The molecule has 4 rings (SSSR count). The van der Waals surface area contributed by atoms with Crippen LogP contribution in [0.3, 0.4) is 0 Å². The number of piperazine rings is 1. The summed E-state index contributed by atoms with van der Waals surface area (Å²) in [4.78, 5) is 19.2. The number of carbonyl (C=O) groups excluding carboxylic acids is 1. The third-order valence-electron chi connectivity index (χ3n) is 4.74. The Hall–Kier alpha value is -2.93. The minimum absolute atomic E-state index is 0.0619. The lowest BCUT2D eigenvalue weighted by Gasteiger charge is -2.36. The van der Waals surface area contributed by atoms with E-state index in [0.29, 0.717) is 42.7 Å². The monoisotopic (exact) mass is 369 g/mol. The second-order valence-corrected chi connectivity index (χ2v) is 6.54. The van der Waals surface area contributed by atoms with E-state index in [1.165, 1.54) is 12.1 Å². The Kier molecular flexibility index (Phi) is 4.77. The van der Waals surface area contributed by atoms with E-state index in [1.807, 2.05) is 6.07 Å². The van der Waals surface area contributed by atoms with Gasteiger partial charge in [0.2, 0.25) is 5.91 Å². The van der Waals surface area contributed by atoms with E-state index < -0.39 is 0 Å². The molecule has 1 N–H and O–H groups in total. The Morgan fingerprint density at radius 2 is 2.26 bits per heavy atom. The molecule has 1 aliphatic rings. The second-order valence-electron chi connectivity index (χ2n) is 6.54. The molecule has 0 aliphatic carbocycles. The Bertz CT molecular complexity index is 936. The molecule has 6 nitrogen and oxygen atoms in total. The normalized spacial score (nSPS) is 17.3. The lowest BCUT2D eigenvalue weighted by atomic mass is 10.0. The van der Waals surface area contributed by atoms with Crippen molar-refractivity contribution < 1.29 is 18.0 Å². The highest BCUT2D eigenvalue weighted by atomic mass is 19.1. The van der Waals surface area contributed by atoms with Gasteiger partial charge in [-0.2, -0.15) is 0 Å². The van der Waals surface area contributed by atoms with Gasteiger partial charge in [0.15, 0.2) is 5.76 Å². The van der Waals surface area contributed by atoms with Gasteiger partial charge in [-0.15, -0.1) is 0 Å². The van der Waals surface area contributed by atoms with Crippen LogP contribution >= 0.6 is 0 Å². The van der Waals surface area contributed by atoms with Gasteiger partial charge in [-0.25, -0.2) is 9.37 Å². The molecule has 3 heterocycles. The van der Waals surface area contributed by atoms with Crippen LogP contribution in [0.4, 0.5) is 4.39 Å². The van der Waals surface area contributed by atoms with Gasteiger partial charge in [0.05, 0.1) is 24.4 Å². The maximum absolute atomic E-state index is 13.6. The Balaban J connectivity index is 1.54. The van der Waals surface area contributed by atoms with Crippen molar-refractivity contribution in [2.45, 2.75) is 19.4 Å². The second kappa shape index (κ2) is 7.36. The molecule has 0 bridgehead atoms. The molecule has 7 heteroatoms. The number of furan rings is 1. The zero-order valence-electron chi connectivity index (χ0n) is 14.9. The van der Waals surface area contributed by atoms with Crippen LogP contribution in [0, 0.1) is 12.7 Å². The fraction of sp³-hybridized carbons (Fsp3) is 0.300. The molecular formula is C20H20FN3O3. The number of nitrogens with one attached hydrogen (secondary N) is 1. The van der Waals surface area contributed by atoms with E-state index in [2.05, 4.69) is 10.3 Å². The first-order valence-electron chi connectivity index (χ1n) is 8.87. The molecule has 3 aromatic rings. The van der Waals surface area contributed by atoms with Gasteiger partial charge in [-0.3, -0.25) is 4.79 Å². The number of hydrogen-bond acceptors (Lipinski definition) is 5. The molecule has 140 valence electrons.